The summed E-state index contributed by atoms with van der Waals surface area (Å²) in [6.07, 6.45) is 0. The lowest BCUT2D eigenvalue weighted by Gasteiger charge is -2.15. The molecule has 0 radical (unpaired) electrons. The number of aromatic nitrogens is 1. The summed E-state index contributed by atoms with van der Waals surface area (Å²) in [5.74, 6) is 0.535. The Balaban J connectivity index is 2.06. The molecule has 0 amide bonds. The highest BCUT2D eigenvalue weighted by atomic mass is 32.1. The van der Waals surface area contributed by atoms with Gasteiger partial charge in [0, 0.05) is 12.5 Å². The number of thiazole rings is 1. The van der Waals surface area contributed by atoms with E-state index in [0.717, 1.165) is 10.5 Å². The molecule has 2 aromatic heterocycles. The topological polar surface area (TPSA) is 26.5 Å². The molecule has 0 saturated carbocycles. The first-order valence-corrected chi connectivity index (χ1v) is 10.2. The fourth-order valence-corrected chi connectivity index (χ4v) is 4.61. The smallest absolute Gasteiger partial charge is 0.190 e. The van der Waals surface area contributed by atoms with Crippen LogP contribution in [0.4, 0.5) is 5.69 Å². The molecule has 1 aromatic carbocycles. The van der Waals surface area contributed by atoms with Gasteiger partial charge in [0.25, 0.3) is 0 Å². The van der Waals surface area contributed by atoms with Crippen molar-refractivity contribution < 1.29 is 4.74 Å². The van der Waals surface area contributed by atoms with Crippen molar-refractivity contribution in [2.24, 2.45) is 4.99 Å². The monoisotopic (exact) mass is 372 g/mol. The Morgan fingerprint density at radius 1 is 1.08 bits per heavy atom. The number of hydrogen-bond acceptors (Lipinski definition) is 4. The van der Waals surface area contributed by atoms with Crippen LogP contribution in [0.15, 0.2) is 52.2 Å². The molecule has 3 aromatic rings. The summed E-state index contributed by atoms with van der Waals surface area (Å²) in [4.78, 5) is 7.17. The number of nitrogens with zero attached hydrogens (tertiary/aromatic N) is 2. The van der Waals surface area contributed by atoms with E-state index < -0.39 is 0 Å². The molecular formula is C20H24N2OS2. The molecule has 0 N–H and O–H groups in total. The normalized spacial score (nSPS) is 13.6. The van der Waals surface area contributed by atoms with Crippen molar-refractivity contribution in [3.8, 4) is 10.6 Å². The molecule has 3 nitrogen and oxygen atoms in total. The summed E-state index contributed by atoms with van der Waals surface area (Å²) in [5, 5.41) is 4.30. The minimum Gasteiger partial charge on any atom is -0.383 e. The molecule has 1 atom stereocenters. The van der Waals surface area contributed by atoms with Gasteiger partial charge in [0.2, 0.25) is 0 Å². The lowest BCUT2D eigenvalue weighted by Crippen LogP contribution is -2.22. The third-order valence-corrected chi connectivity index (χ3v) is 5.88. The van der Waals surface area contributed by atoms with Crippen molar-refractivity contribution in [2.45, 2.75) is 32.7 Å². The highest BCUT2D eigenvalue weighted by molar-refractivity contribution is 7.14. The first-order chi connectivity index (χ1) is 12.1. The minimum absolute atomic E-state index is 0.224. The van der Waals surface area contributed by atoms with Crippen LogP contribution < -0.4 is 4.80 Å². The zero-order valence-electron chi connectivity index (χ0n) is 15.1. The lowest BCUT2D eigenvalue weighted by molar-refractivity contribution is 0.162. The second-order valence-electron chi connectivity index (χ2n) is 6.41. The van der Waals surface area contributed by atoms with E-state index in [-0.39, 0.29) is 6.04 Å². The fraction of sp³-hybridized carbons (Fsp3) is 0.350. The van der Waals surface area contributed by atoms with Gasteiger partial charge >= 0.3 is 0 Å². The molecule has 0 saturated heterocycles. The van der Waals surface area contributed by atoms with Gasteiger partial charge in [-0.1, -0.05) is 32.0 Å². The van der Waals surface area contributed by atoms with Gasteiger partial charge in [-0.05, 0) is 42.0 Å². The quantitative estimate of drug-likeness (QED) is 0.534. The molecule has 3 rings (SSSR count). The van der Waals surface area contributed by atoms with E-state index in [4.69, 9.17) is 9.73 Å². The van der Waals surface area contributed by atoms with Crippen molar-refractivity contribution >= 4 is 28.4 Å². The largest absolute Gasteiger partial charge is 0.383 e. The number of ether oxygens (including phenoxy) is 1. The predicted octanol–water partition coefficient (Wildman–Crippen LogP) is 5.84. The van der Waals surface area contributed by atoms with Gasteiger partial charge in [0.05, 0.1) is 28.9 Å². The highest BCUT2D eigenvalue weighted by Crippen LogP contribution is 2.28. The number of thiophene rings is 1. The van der Waals surface area contributed by atoms with E-state index in [1.807, 2.05) is 0 Å². The van der Waals surface area contributed by atoms with Crippen LogP contribution in [0.2, 0.25) is 0 Å². The van der Waals surface area contributed by atoms with Crippen LogP contribution in [-0.4, -0.2) is 18.3 Å². The van der Waals surface area contributed by atoms with E-state index in [1.165, 1.54) is 16.1 Å². The average Bonchev–Trinajstić information content (AvgIpc) is 3.24. The molecule has 0 aliphatic rings. The molecule has 2 heterocycles. The zero-order valence-corrected chi connectivity index (χ0v) is 16.7. The van der Waals surface area contributed by atoms with Gasteiger partial charge in [-0.25, -0.2) is 4.99 Å². The first-order valence-electron chi connectivity index (χ1n) is 8.47. The summed E-state index contributed by atoms with van der Waals surface area (Å²) in [6, 6.07) is 13.0. The van der Waals surface area contributed by atoms with Crippen LogP contribution in [-0.2, 0) is 4.74 Å². The molecule has 5 heteroatoms. The second kappa shape index (κ2) is 8.13. The third-order valence-electron chi connectivity index (χ3n) is 4.15. The van der Waals surface area contributed by atoms with Crippen molar-refractivity contribution in [2.75, 3.05) is 13.7 Å². The molecule has 25 heavy (non-hydrogen) atoms. The van der Waals surface area contributed by atoms with E-state index >= 15 is 0 Å². The molecule has 0 spiro atoms. The van der Waals surface area contributed by atoms with Gasteiger partial charge in [0.1, 0.15) is 0 Å². The van der Waals surface area contributed by atoms with Gasteiger partial charge in [0.15, 0.2) is 4.80 Å². The van der Waals surface area contributed by atoms with Gasteiger partial charge < -0.3 is 9.30 Å². The Bertz CT molecular complexity index is 858. The van der Waals surface area contributed by atoms with Crippen molar-refractivity contribution in [3.05, 3.63) is 57.5 Å². The Kier molecular flexibility index (Phi) is 5.89. The first kappa shape index (κ1) is 18.1. The lowest BCUT2D eigenvalue weighted by atomic mass is 10.0. The SMILES string of the molecule is COCC(C)n1c(-c2cccs2)csc1=Nc1ccc(C(C)C)cc1. The molecule has 132 valence electrons. The highest BCUT2D eigenvalue weighted by Gasteiger charge is 2.14. The summed E-state index contributed by atoms with van der Waals surface area (Å²) in [5.41, 5.74) is 3.54. The fourth-order valence-electron chi connectivity index (χ4n) is 2.79. The number of methoxy groups -OCH3 is 1. The molecule has 0 aliphatic heterocycles. The molecule has 0 fully saturated rings. The summed E-state index contributed by atoms with van der Waals surface area (Å²) < 4.78 is 7.68. The maximum absolute atomic E-state index is 5.39. The Morgan fingerprint density at radius 2 is 1.84 bits per heavy atom. The van der Waals surface area contributed by atoms with E-state index in [1.54, 1.807) is 29.8 Å². The van der Waals surface area contributed by atoms with Crippen molar-refractivity contribution in [1.29, 1.82) is 0 Å². The summed E-state index contributed by atoms with van der Waals surface area (Å²) in [7, 11) is 1.75. The van der Waals surface area contributed by atoms with Crippen LogP contribution in [0, 0.1) is 0 Å². The van der Waals surface area contributed by atoms with Crippen LogP contribution in [0.25, 0.3) is 10.6 Å². The van der Waals surface area contributed by atoms with Gasteiger partial charge in [-0.15, -0.1) is 22.7 Å². The Hall–Kier alpha value is -1.69. The number of hydrogen-bond donors (Lipinski definition) is 0. The predicted molar refractivity (Wildman–Crippen MR) is 108 cm³/mol. The Morgan fingerprint density at radius 3 is 2.44 bits per heavy atom. The van der Waals surface area contributed by atoms with E-state index in [2.05, 4.69) is 72.5 Å². The number of benzene rings is 1. The van der Waals surface area contributed by atoms with Gasteiger partial charge in [-0.2, -0.15) is 0 Å². The maximum atomic E-state index is 5.39. The van der Waals surface area contributed by atoms with Crippen LogP contribution >= 0.6 is 22.7 Å². The minimum atomic E-state index is 0.224. The van der Waals surface area contributed by atoms with Gasteiger partial charge in [-0.3, -0.25) is 0 Å². The molecule has 0 bridgehead atoms. The summed E-state index contributed by atoms with van der Waals surface area (Å²) >= 11 is 3.44. The van der Waals surface area contributed by atoms with Crippen LogP contribution in [0.3, 0.4) is 0 Å². The van der Waals surface area contributed by atoms with Crippen LogP contribution in [0.1, 0.15) is 38.3 Å². The second-order valence-corrected chi connectivity index (χ2v) is 8.20. The molecule has 1 unspecified atom stereocenters. The zero-order chi connectivity index (χ0) is 17.8. The van der Waals surface area contributed by atoms with Crippen molar-refractivity contribution in [1.82, 2.24) is 4.57 Å². The molecular weight excluding hydrogens is 348 g/mol. The standard InChI is InChI=1S/C20H24N2OS2/c1-14(2)16-7-9-17(10-8-16)21-20-22(15(3)12-23-4)18(13-25-20)19-6-5-11-24-19/h5-11,13-15H,12H2,1-4H3. The average molecular weight is 373 g/mol. The molecule has 0 aliphatic carbocycles. The Labute approximate surface area is 157 Å². The van der Waals surface area contributed by atoms with Crippen LogP contribution in [0.5, 0.6) is 0 Å². The summed E-state index contributed by atoms with van der Waals surface area (Å²) in [6.45, 7) is 7.25. The third kappa shape index (κ3) is 4.11. The van der Waals surface area contributed by atoms with E-state index in [9.17, 15) is 0 Å². The number of rotatable bonds is 6. The van der Waals surface area contributed by atoms with E-state index in [0.29, 0.717) is 12.5 Å². The van der Waals surface area contributed by atoms with Crippen molar-refractivity contribution in [3.63, 3.8) is 0 Å². The maximum Gasteiger partial charge on any atom is 0.190 e.